The minimum atomic E-state index is -1.44. The van der Waals surface area contributed by atoms with E-state index >= 15 is 0 Å². The van der Waals surface area contributed by atoms with Gasteiger partial charge >= 0.3 is 0 Å². The van der Waals surface area contributed by atoms with Crippen molar-refractivity contribution in [3.05, 3.63) is 104 Å². The van der Waals surface area contributed by atoms with Crippen LogP contribution in [0.5, 0.6) is 0 Å². The maximum absolute atomic E-state index is 3.54. The summed E-state index contributed by atoms with van der Waals surface area (Å²) in [4.78, 5) is 0. The van der Waals surface area contributed by atoms with Gasteiger partial charge in [-0.3, -0.25) is 0 Å². The molecule has 3 aromatic rings. The molecule has 0 aliphatic carbocycles. The van der Waals surface area contributed by atoms with Crippen LogP contribution in [0.15, 0.2) is 81.7 Å². The van der Waals surface area contributed by atoms with Crippen molar-refractivity contribution in [2.24, 2.45) is 0 Å². The van der Waals surface area contributed by atoms with Crippen molar-refractivity contribution in [2.45, 2.75) is 19.6 Å². The van der Waals surface area contributed by atoms with Gasteiger partial charge in [-0.15, -0.1) is 5.54 Å². The molecule has 0 spiro atoms. The summed E-state index contributed by atoms with van der Waals surface area (Å²) in [5.74, 6) is 3.43. The van der Waals surface area contributed by atoms with E-state index < -0.39 is 8.07 Å². The van der Waals surface area contributed by atoms with Gasteiger partial charge in [-0.1, -0.05) is 99.9 Å². The van der Waals surface area contributed by atoms with Gasteiger partial charge in [0.15, 0.2) is 0 Å². The largest absolute Gasteiger partial charge is 0.129 e. The van der Waals surface area contributed by atoms with Crippen molar-refractivity contribution >= 4 is 51.6 Å². The molecule has 28 heavy (non-hydrogen) atoms. The number of hydrogen-bond donors (Lipinski definition) is 0. The summed E-state index contributed by atoms with van der Waals surface area (Å²) in [7, 11) is -1.44. The lowest BCUT2D eigenvalue weighted by Crippen LogP contribution is -2.16. The van der Waals surface area contributed by atoms with E-state index in [1.54, 1.807) is 0 Å². The molecule has 0 aliphatic heterocycles. The lowest BCUT2D eigenvalue weighted by atomic mass is 9.94. The van der Waals surface area contributed by atoms with E-state index in [0.29, 0.717) is 0 Å². The molecule has 0 radical (unpaired) electrons. The molecule has 0 saturated heterocycles. The Hall–Kier alpha value is -1.86. The first-order valence-corrected chi connectivity index (χ1v) is 14.3. The molecule has 0 unspecified atom stereocenters. The molecule has 0 nitrogen and oxygen atoms in total. The number of benzene rings is 3. The van der Waals surface area contributed by atoms with E-state index in [4.69, 9.17) is 0 Å². The average molecular weight is 510 g/mol. The van der Waals surface area contributed by atoms with Gasteiger partial charge in [0.25, 0.3) is 0 Å². The molecule has 140 valence electrons. The maximum atomic E-state index is 3.54. The molecule has 0 aliphatic rings. The molecule has 0 bridgehead atoms. The molecule has 0 atom stereocenters. The first kappa shape index (κ1) is 20.9. The molecule has 0 fully saturated rings. The molecule has 0 N–H and O–H groups in total. The van der Waals surface area contributed by atoms with Gasteiger partial charge in [0.05, 0.1) is 0 Å². The highest BCUT2D eigenvalue weighted by atomic mass is 79.9. The summed E-state index contributed by atoms with van der Waals surface area (Å²) in [6.07, 6.45) is 2.25. The van der Waals surface area contributed by atoms with Gasteiger partial charge in [-0.05, 0) is 58.7 Å². The zero-order chi connectivity index (χ0) is 20.1. The zero-order valence-electron chi connectivity index (χ0n) is 16.3. The Labute approximate surface area is 186 Å². The Morgan fingerprint density at radius 1 is 0.750 bits per heavy atom. The summed E-state index contributed by atoms with van der Waals surface area (Å²) in [5.41, 5.74) is 9.26. The van der Waals surface area contributed by atoms with Gasteiger partial charge in [-0.2, -0.15) is 0 Å². The number of rotatable bonds is 3. The third kappa shape index (κ3) is 5.82. The Morgan fingerprint density at radius 3 is 1.75 bits per heavy atom. The normalized spacial score (nSPS) is 10.8. The standard InChI is InChI=1S/C25H22Br2Si/c1-28(2,3)17-16-19-6-4-5-7-22(19)18-25(20-8-12-23(26)13-9-20)21-10-14-24(27)15-11-21/h4-15,18H,1-3H3. The predicted molar refractivity (Wildman–Crippen MR) is 132 cm³/mol. The monoisotopic (exact) mass is 508 g/mol. The minimum absolute atomic E-state index is 1.08. The van der Waals surface area contributed by atoms with Crippen molar-refractivity contribution in [1.82, 2.24) is 0 Å². The third-order valence-corrected chi connectivity index (χ3v) is 6.08. The first-order chi connectivity index (χ1) is 13.3. The van der Waals surface area contributed by atoms with Gasteiger partial charge < -0.3 is 0 Å². The van der Waals surface area contributed by atoms with Gasteiger partial charge in [0, 0.05) is 14.5 Å². The van der Waals surface area contributed by atoms with Gasteiger partial charge in [-0.25, -0.2) is 0 Å². The van der Waals surface area contributed by atoms with Crippen LogP contribution in [0, 0.1) is 11.5 Å². The van der Waals surface area contributed by atoms with Gasteiger partial charge in [0.1, 0.15) is 8.07 Å². The molecule has 0 saturated carbocycles. The van der Waals surface area contributed by atoms with Crippen LogP contribution in [-0.4, -0.2) is 8.07 Å². The van der Waals surface area contributed by atoms with Gasteiger partial charge in [0.2, 0.25) is 0 Å². The molecule has 0 amide bonds. The van der Waals surface area contributed by atoms with Crippen LogP contribution in [0.3, 0.4) is 0 Å². The van der Waals surface area contributed by atoms with Crippen LogP contribution >= 0.6 is 31.9 Å². The summed E-state index contributed by atoms with van der Waals surface area (Å²) >= 11 is 7.08. The molecule has 3 rings (SSSR count). The highest BCUT2D eigenvalue weighted by Crippen LogP contribution is 2.29. The quantitative estimate of drug-likeness (QED) is 0.190. The fourth-order valence-electron chi connectivity index (χ4n) is 2.74. The Morgan fingerprint density at radius 2 is 1.25 bits per heavy atom. The van der Waals surface area contributed by atoms with Crippen LogP contribution in [-0.2, 0) is 0 Å². The minimum Gasteiger partial charge on any atom is -0.127 e. The highest BCUT2D eigenvalue weighted by Gasteiger charge is 2.09. The average Bonchev–Trinajstić information content (AvgIpc) is 2.66. The van der Waals surface area contributed by atoms with Crippen LogP contribution in [0.25, 0.3) is 11.6 Å². The van der Waals surface area contributed by atoms with E-state index in [1.807, 2.05) is 0 Å². The molecular formula is C25H22Br2Si. The summed E-state index contributed by atoms with van der Waals surface area (Å²) in [6, 6.07) is 25.3. The lowest BCUT2D eigenvalue weighted by molar-refractivity contribution is 1.52. The first-order valence-electron chi connectivity index (χ1n) is 9.18. The Bertz CT molecular complexity index is 997. The Balaban J connectivity index is 2.16. The van der Waals surface area contributed by atoms with E-state index in [1.165, 1.54) is 16.7 Å². The lowest BCUT2D eigenvalue weighted by Gasteiger charge is -2.11. The van der Waals surface area contributed by atoms with E-state index in [2.05, 4.69) is 142 Å². The topological polar surface area (TPSA) is 0 Å². The summed E-state index contributed by atoms with van der Waals surface area (Å²) in [6.45, 7) is 6.81. The molecule has 3 aromatic carbocycles. The SMILES string of the molecule is C[Si](C)(C)C#Cc1ccccc1C=C(c1ccc(Br)cc1)c1ccc(Br)cc1. The fraction of sp³-hybridized carbons (Fsp3) is 0.120. The number of halogens is 2. The maximum Gasteiger partial charge on any atom is 0.129 e. The Kier molecular flexibility index (Phi) is 6.77. The zero-order valence-corrected chi connectivity index (χ0v) is 20.4. The molecule has 3 heteroatoms. The second-order valence-electron chi connectivity index (χ2n) is 7.66. The summed E-state index contributed by atoms with van der Waals surface area (Å²) in [5, 5.41) is 0. The van der Waals surface area contributed by atoms with Crippen molar-refractivity contribution in [3.8, 4) is 11.5 Å². The van der Waals surface area contributed by atoms with Crippen molar-refractivity contribution < 1.29 is 0 Å². The smallest absolute Gasteiger partial charge is 0.127 e. The second-order valence-corrected chi connectivity index (χ2v) is 14.2. The van der Waals surface area contributed by atoms with E-state index in [9.17, 15) is 0 Å². The van der Waals surface area contributed by atoms with Crippen LogP contribution in [0.1, 0.15) is 22.3 Å². The van der Waals surface area contributed by atoms with Crippen molar-refractivity contribution in [3.63, 3.8) is 0 Å². The third-order valence-electron chi connectivity index (χ3n) is 4.14. The highest BCUT2D eigenvalue weighted by molar-refractivity contribution is 9.10. The predicted octanol–water partition coefficient (Wildman–Crippen LogP) is 8.03. The van der Waals surface area contributed by atoms with E-state index in [0.717, 1.165) is 20.1 Å². The molecule has 0 aromatic heterocycles. The molecular weight excluding hydrogens is 488 g/mol. The second kappa shape index (κ2) is 9.09. The van der Waals surface area contributed by atoms with Crippen LogP contribution < -0.4 is 0 Å². The van der Waals surface area contributed by atoms with Crippen molar-refractivity contribution in [2.75, 3.05) is 0 Å². The van der Waals surface area contributed by atoms with Crippen LogP contribution in [0.4, 0.5) is 0 Å². The van der Waals surface area contributed by atoms with E-state index in [-0.39, 0.29) is 0 Å². The molecule has 0 heterocycles. The van der Waals surface area contributed by atoms with Crippen molar-refractivity contribution in [1.29, 1.82) is 0 Å². The number of hydrogen-bond acceptors (Lipinski definition) is 0. The fourth-order valence-corrected chi connectivity index (χ4v) is 3.78. The summed E-state index contributed by atoms with van der Waals surface area (Å²) < 4.78 is 2.15. The van der Waals surface area contributed by atoms with Crippen LogP contribution in [0.2, 0.25) is 19.6 Å².